The van der Waals surface area contributed by atoms with Gasteiger partial charge in [0.05, 0.1) is 11.3 Å². The van der Waals surface area contributed by atoms with E-state index in [4.69, 9.17) is 4.74 Å². The van der Waals surface area contributed by atoms with Crippen molar-refractivity contribution < 1.29 is 14.3 Å². The normalized spacial score (nSPS) is 13.7. The van der Waals surface area contributed by atoms with E-state index in [0.29, 0.717) is 5.56 Å². The van der Waals surface area contributed by atoms with E-state index in [9.17, 15) is 9.59 Å². The summed E-state index contributed by atoms with van der Waals surface area (Å²) in [7, 11) is 0. The second kappa shape index (κ2) is 6.01. The Bertz CT molecular complexity index is 687. The maximum atomic E-state index is 11.9. The SMILES string of the molecule is Cc1ccnn1-c1ccc(C(=O)OCC(=O)NC2CC2)cc1. The Morgan fingerprint density at radius 3 is 2.59 bits per heavy atom. The molecule has 6 nitrogen and oxygen atoms in total. The third-order valence-electron chi connectivity index (χ3n) is 3.46. The summed E-state index contributed by atoms with van der Waals surface area (Å²) in [4.78, 5) is 23.4. The summed E-state index contributed by atoms with van der Waals surface area (Å²) in [5.41, 5.74) is 2.28. The highest BCUT2D eigenvalue weighted by Gasteiger charge is 2.23. The minimum absolute atomic E-state index is 0.241. The van der Waals surface area contributed by atoms with Crippen molar-refractivity contribution in [3.63, 3.8) is 0 Å². The van der Waals surface area contributed by atoms with Crippen LogP contribution >= 0.6 is 0 Å². The zero-order chi connectivity index (χ0) is 15.5. The van der Waals surface area contributed by atoms with E-state index in [2.05, 4.69) is 10.4 Å². The Labute approximate surface area is 128 Å². The lowest BCUT2D eigenvalue weighted by Crippen LogP contribution is -2.30. The van der Waals surface area contributed by atoms with Crippen molar-refractivity contribution in [2.45, 2.75) is 25.8 Å². The van der Waals surface area contributed by atoms with E-state index in [-0.39, 0.29) is 18.6 Å². The standard InChI is InChI=1S/C16H17N3O3/c1-11-8-9-17-19(11)14-6-2-12(3-7-14)16(21)22-10-15(20)18-13-4-5-13/h2-3,6-9,13H,4-5,10H2,1H3,(H,18,20). The molecular weight excluding hydrogens is 282 g/mol. The quantitative estimate of drug-likeness (QED) is 0.851. The summed E-state index contributed by atoms with van der Waals surface area (Å²) in [5.74, 6) is -0.755. The molecule has 0 bridgehead atoms. The fraction of sp³-hybridized carbons (Fsp3) is 0.312. The first kappa shape index (κ1) is 14.3. The summed E-state index contributed by atoms with van der Waals surface area (Å²) in [6.07, 6.45) is 3.73. The van der Waals surface area contributed by atoms with Gasteiger partial charge in [0.25, 0.3) is 5.91 Å². The molecule has 1 heterocycles. The van der Waals surface area contributed by atoms with Gasteiger partial charge in [-0.15, -0.1) is 0 Å². The average Bonchev–Trinajstić information content (AvgIpc) is 3.23. The molecule has 1 aliphatic rings. The zero-order valence-electron chi connectivity index (χ0n) is 12.3. The predicted octanol–water partition coefficient (Wildman–Crippen LogP) is 1.62. The number of benzene rings is 1. The van der Waals surface area contributed by atoms with Gasteiger partial charge in [0.1, 0.15) is 0 Å². The van der Waals surface area contributed by atoms with Gasteiger partial charge in [0.2, 0.25) is 0 Å². The number of esters is 1. The van der Waals surface area contributed by atoms with Gasteiger partial charge in [-0.25, -0.2) is 9.48 Å². The largest absolute Gasteiger partial charge is 0.452 e. The highest BCUT2D eigenvalue weighted by molar-refractivity contribution is 5.91. The lowest BCUT2D eigenvalue weighted by molar-refractivity contribution is -0.124. The fourth-order valence-corrected chi connectivity index (χ4v) is 2.09. The maximum absolute atomic E-state index is 11.9. The van der Waals surface area contributed by atoms with E-state index < -0.39 is 5.97 Å². The number of nitrogens with one attached hydrogen (secondary N) is 1. The lowest BCUT2D eigenvalue weighted by Gasteiger charge is -2.07. The van der Waals surface area contributed by atoms with E-state index in [1.807, 2.05) is 13.0 Å². The lowest BCUT2D eigenvalue weighted by atomic mass is 10.2. The van der Waals surface area contributed by atoms with Crippen molar-refractivity contribution in [1.82, 2.24) is 15.1 Å². The minimum atomic E-state index is -0.505. The molecule has 0 saturated heterocycles. The van der Waals surface area contributed by atoms with Crippen molar-refractivity contribution in [2.75, 3.05) is 6.61 Å². The van der Waals surface area contributed by atoms with Crippen LogP contribution in [-0.4, -0.2) is 34.3 Å². The van der Waals surface area contributed by atoms with Crippen LogP contribution in [0.5, 0.6) is 0 Å². The molecule has 0 unspecified atom stereocenters. The molecule has 3 rings (SSSR count). The number of hydrogen-bond donors (Lipinski definition) is 1. The molecule has 0 spiro atoms. The maximum Gasteiger partial charge on any atom is 0.338 e. The van der Waals surface area contributed by atoms with E-state index in [1.165, 1.54) is 0 Å². The molecule has 1 aromatic carbocycles. The van der Waals surface area contributed by atoms with Gasteiger partial charge in [0.15, 0.2) is 6.61 Å². The van der Waals surface area contributed by atoms with Crippen LogP contribution in [0.4, 0.5) is 0 Å². The molecule has 2 aromatic rings. The van der Waals surface area contributed by atoms with E-state index in [0.717, 1.165) is 24.2 Å². The molecule has 0 radical (unpaired) electrons. The molecule has 1 aromatic heterocycles. The molecule has 0 aliphatic heterocycles. The van der Waals surface area contributed by atoms with Gasteiger partial charge in [-0.3, -0.25) is 4.79 Å². The van der Waals surface area contributed by atoms with Crippen molar-refractivity contribution >= 4 is 11.9 Å². The molecule has 0 atom stereocenters. The Hall–Kier alpha value is -2.63. The number of aromatic nitrogens is 2. The van der Waals surface area contributed by atoms with Crippen LogP contribution in [0.1, 0.15) is 28.9 Å². The van der Waals surface area contributed by atoms with Crippen LogP contribution in [0.2, 0.25) is 0 Å². The summed E-state index contributed by atoms with van der Waals surface area (Å²) in [5, 5.41) is 6.97. The van der Waals surface area contributed by atoms with Crippen molar-refractivity contribution in [1.29, 1.82) is 0 Å². The summed E-state index contributed by atoms with van der Waals surface area (Å²) >= 11 is 0. The number of ether oxygens (including phenoxy) is 1. The summed E-state index contributed by atoms with van der Waals surface area (Å²) < 4.78 is 6.78. The molecule has 22 heavy (non-hydrogen) atoms. The van der Waals surface area contributed by atoms with Gasteiger partial charge in [0, 0.05) is 17.9 Å². The Kier molecular flexibility index (Phi) is 3.91. The predicted molar refractivity (Wildman–Crippen MR) is 79.7 cm³/mol. The Morgan fingerprint density at radius 1 is 1.27 bits per heavy atom. The van der Waals surface area contributed by atoms with E-state index >= 15 is 0 Å². The second-order valence-corrected chi connectivity index (χ2v) is 5.35. The van der Waals surface area contributed by atoms with Crippen LogP contribution in [0.15, 0.2) is 36.5 Å². The molecule has 1 saturated carbocycles. The minimum Gasteiger partial charge on any atom is -0.452 e. The number of carbonyl (C=O) groups is 2. The summed E-state index contributed by atoms with van der Waals surface area (Å²) in [6, 6.07) is 9.08. The van der Waals surface area contributed by atoms with Crippen molar-refractivity contribution in [3.05, 3.63) is 47.8 Å². The van der Waals surface area contributed by atoms with Gasteiger partial charge < -0.3 is 10.1 Å². The van der Waals surface area contributed by atoms with Crippen LogP contribution < -0.4 is 5.32 Å². The highest BCUT2D eigenvalue weighted by Crippen LogP contribution is 2.18. The second-order valence-electron chi connectivity index (χ2n) is 5.35. The molecule has 114 valence electrons. The van der Waals surface area contributed by atoms with Crippen LogP contribution in [0, 0.1) is 6.92 Å². The first-order valence-electron chi connectivity index (χ1n) is 7.21. The van der Waals surface area contributed by atoms with E-state index in [1.54, 1.807) is 35.1 Å². The first-order chi connectivity index (χ1) is 10.6. The van der Waals surface area contributed by atoms with Crippen LogP contribution in [0.3, 0.4) is 0 Å². The molecule has 1 N–H and O–H groups in total. The summed E-state index contributed by atoms with van der Waals surface area (Å²) in [6.45, 7) is 1.71. The molecule has 1 fully saturated rings. The number of carbonyl (C=O) groups excluding carboxylic acids is 2. The molecule has 1 aliphatic carbocycles. The topological polar surface area (TPSA) is 73.2 Å². The molecule has 1 amide bonds. The fourth-order valence-electron chi connectivity index (χ4n) is 2.09. The monoisotopic (exact) mass is 299 g/mol. The number of amides is 1. The average molecular weight is 299 g/mol. The smallest absolute Gasteiger partial charge is 0.338 e. The van der Waals surface area contributed by atoms with Gasteiger partial charge in [-0.1, -0.05) is 0 Å². The number of aryl methyl sites for hydroxylation is 1. The number of nitrogens with zero attached hydrogens (tertiary/aromatic N) is 2. The van der Waals surface area contributed by atoms with Crippen molar-refractivity contribution in [2.24, 2.45) is 0 Å². The highest BCUT2D eigenvalue weighted by atomic mass is 16.5. The first-order valence-corrected chi connectivity index (χ1v) is 7.21. The number of rotatable bonds is 5. The Balaban J connectivity index is 1.58. The van der Waals surface area contributed by atoms with Gasteiger partial charge >= 0.3 is 5.97 Å². The number of hydrogen-bond acceptors (Lipinski definition) is 4. The zero-order valence-corrected chi connectivity index (χ0v) is 12.3. The Morgan fingerprint density at radius 2 is 2.00 bits per heavy atom. The third-order valence-corrected chi connectivity index (χ3v) is 3.46. The van der Waals surface area contributed by atoms with Gasteiger partial charge in [-0.2, -0.15) is 5.10 Å². The van der Waals surface area contributed by atoms with Gasteiger partial charge in [-0.05, 0) is 50.1 Å². The molecular formula is C16H17N3O3. The van der Waals surface area contributed by atoms with Crippen LogP contribution in [-0.2, 0) is 9.53 Å². The van der Waals surface area contributed by atoms with Crippen molar-refractivity contribution in [3.8, 4) is 5.69 Å². The molecule has 6 heteroatoms. The third kappa shape index (κ3) is 3.33. The van der Waals surface area contributed by atoms with Crippen LogP contribution in [0.25, 0.3) is 5.69 Å².